The van der Waals surface area contributed by atoms with E-state index in [2.05, 4.69) is 41.5 Å². The summed E-state index contributed by atoms with van der Waals surface area (Å²) in [5, 5.41) is 10.6. The molecular formula is C70H136O17P2. The average Bonchev–Trinajstić information content (AvgIpc) is 3.58. The Morgan fingerprint density at radius 1 is 0.303 bits per heavy atom. The average molecular weight is 1310 g/mol. The van der Waals surface area contributed by atoms with Crippen LogP contribution in [0.5, 0.6) is 0 Å². The van der Waals surface area contributed by atoms with E-state index in [1.54, 1.807) is 0 Å². The highest BCUT2D eigenvalue weighted by molar-refractivity contribution is 7.47. The van der Waals surface area contributed by atoms with Crippen LogP contribution >= 0.6 is 15.6 Å². The first kappa shape index (κ1) is 87.1. The van der Waals surface area contributed by atoms with Crippen molar-refractivity contribution < 1.29 is 80.2 Å². The van der Waals surface area contributed by atoms with Crippen LogP contribution < -0.4 is 0 Å². The van der Waals surface area contributed by atoms with Gasteiger partial charge in [-0.05, 0) is 37.5 Å². The van der Waals surface area contributed by atoms with Gasteiger partial charge in [0.25, 0.3) is 0 Å². The Kier molecular flexibility index (Phi) is 60.8. The molecule has 0 spiro atoms. The Labute approximate surface area is 543 Å². The lowest BCUT2D eigenvalue weighted by molar-refractivity contribution is -0.161. The standard InChI is InChI=1S/C70H136O17P2/c1-7-9-11-13-15-17-19-20-21-22-23-25-29-36-43-49-55-70(75)86-65(58-80-67(72)52-46-40-34-30-26-27-32-38-44-50-62(3)4)60-84-88(76,77)82-56-64(71)57-83-89(78,79)85-61-66(59-81-68(73)53-47-41-37-31-33-39-45-51-63(5)6)87-69(74)54-48-42-35-28-24-18-16-14-12-10-8-2/h62-66,71H,7-61H2,1-6H3,(H,76,77)(H,78,79)/t64-,65-,66-/m1/s1. The van der Waals surface area contributed by atoms with Gasteiger partial charge in [0.1, 0.15) is 19.3 Å². The molecule has 0 bridgehead atoms. The maximum Gasteiger partial charge on any atom is 0.472 e. The topological polar surface area (TPSA) is 237 Å². The number of unbranched alkanes of at least 4 members (excludes halogenated alkanes) is 39. The van der Waals surface area contributed by atoms with E-state index in [0.717, 1.165) is 102 Å². The maximum absolute atomic E-state index is 13.0. The first-order valence-corrected chi connectivity index (χ1v) is 39.5. The van der Waals surface area contributed by atoms with Gasteiger partial charge in [-0.25, -0.2) is 9.13 Å². The number of hydrogen-bond donors (Lipinski definition) is 3. The highest BCUT2D eigenvalue weighted by atomic mass is 31.2. The molecule has 89 heavy (non-hydrogen) atoms. The van der Waals surface area contributed by atoms with Gasteiger partial charge in [0.05, 0.1) is 26.4 Å². The molecule has 0 rings (SSSR count). The van der Waals surface area contributed by atoms with E-state index in [1.807, 2.05) is 0 Å². The molecule has 0 saturated heterocycles. The largest absolute Gasteiger partial charge is 0.472 e. The Morgan fingerprint density at radius 3 is 0.764 bits per heavy atom. The van der Waals surface area contributed by atoms with Crippen molar-refractivity contribution in [1.29, 1.82) is 0 Å². The minimum atomic E-state index is -4.95. The molecular weight excluding hydrogens is 1170 g/mol. The second-order valence-corrected chi connectivity index (χ2v) is 29.1. The summed E-state index contributed by atoms with van der Waals surface area (Å²) < 4.78 is 68.3. The molecule has 0 aromatic carbocycles. The van der Waals surface area contributed by atoms with Gasteiger partial charge in [-0.1, -0.05) is 305 Å². The molecule has 0 aromatic rings. The number of aliphatic hydroxyl groups is 1. The number of carbonyl (C=O) groups is 4. The molecule has 17 nitrogen and oxygen atoms in total. The molecule has 0 aliphatic carbocycles. The minimum absolute atomic E-state index is 0.106. The van der Waals surface area contributed by atoms with Crippen LogP contribution in [0.25, 0.3) is 0 Å². The van der Waals surface area contributed by atoms with Crippen molar-refractivity contribution >= 4 is 39.5 Å². The van der Waals surface area contributed by atoms with E-state index in [1.165, 1.54) is 167 Å². The predicted octanol–water partition coefficient (Wildman–Crippen LogP) is 20.0. The van der Waals surface area contributed by atoms with E-state index < -0.39 is 97.5 Å². The van der Waals surface area contributed by atoms with Crippen LogP contribution in [0, 0.1) is 11.8 Å². The molecule has 0 radical (unpaired) electrons. The Hall–Kier alpha value is -1.94. The van der Waals surface area contributed by atoms with Crippen LogP contribution in [-0.4, -0.2) is 96.7 Å². The highest BCUT2D eigenvalue weighted by Crippen LogP contribution is 2.45. The number of aliphatic hydroxyl groups excluding tert-OH is 1. The fraction of sp³-hybridized carbons (Fsp3) is 0.943. The normalized spacial score (nSPS) is 14.1. The molecule has 528 valence electrons. The summed E-state index contributed by atoms with van der Waals surface area (Å²) in [5.74, 6) is -0.675. The summed E-state index contributed by atoms with van der Waals surface area (Å²) in [5.41, 5.74) is 0. The van der Waals surface area contributed by atoms with Crippen LogP contribution in [0.2, 0.25) is 0 Å². The van der Waals surface area contributed by atoms with Gasteiger partial charge in [-0.3, -0.25) is 37.3 Å². The summed E-state index contributed by atoms with van der Waals surface area (Å²) in [4.78, 5) is 72.5. The minimum Gasteiger partial charge on any atom is -0.462 e. The van der Waals surface area contributed by atoms with Gasteiger partial charge in [-0.2, -0.15) is 0 Å². The second-order valence-electron chi connectivity index (χ2n) is 26.2. The van der Waals surface area contributed by atoms with Crippen molar-refractivity contribution in [1.82, 2.24) is 0 Å². The summed E-state index contributed by atoms with van der Waals surface area (Å²) >= 11 is 0. The van der Waals surface area contributed by atoms with E-state index in [0.29, 0.717) is 31.6 Å². The zero-order valence-corrected chi connectivity index (χ0v) is 59.5. The summed E-state index contributed by atoms with van der Waals surface area (Å²) in [6.07, 6.45) is 47.2. The molecule has 19 heteroatoms. The van der Waals surface area contributed by atoms with Gasteiger partial charge in [0, 0.05) is 25.7 Å². The zero-order chi connectivity index (χ0) is 65.7. The summed E-state index contributed by atoms with van der Waals surface area (Å²) in [6.45, 7) is 9.47. The molecule has 0 aliphatic rings. The van der Waals surface area contributed by atoms with Gasteiger partial charge >= 0.3 is 39.5 Å². The van der Waals surface area contributed by atoms with Gasteiger partial charge < -0.3 is 33.8 Å². The fourth-order valence-corrected chi connectivity index (χ4v) is 12.2. The van der Waals surface area contributed by atoms with Gasteiger partial charge in [0.15, 0.2) is 12.2 Å². The first-order valence-electron chi connectivity index (χ1n) is 36.5. The lowest BCUT2D eigenvalue weighted by Gasteiger charge is -2.21. The quantitative estimate of drug-likeness (QED) is 0.0222. The number of esters is 4. The van der Waals surface area contributed by atoms with E-state index in [-0.39, 0.29) is 25.7 Å². The number of ether oxygens (including phenoxy) is 4. The molecule has 0 heterocycles. The number of phosphoric acid groups is 2. The fourth-order valence-electron chi connectivity index (χ4n) is 10.6. The van der Waals surface area contributed by atoms with Crippen molar-refractivity contribution in [3.8, 4) is 0 Å². The molecule has 0 saturated carbocycles. The predicted molar refractivity (Wildman–Crippen MR) is 358 cm³/mol. The first-order chi connectivity index (χ1) is 42.9. The van der Waals surface area contributed by atoms with Crippen molar-refractivity contribution in [3.05, 3.63) is 0 Å². The maximum atomic E-state index is 13.0. The van der Waals surface area contributed by atoms with E-state index in [4.69, 9.17) is 37.0 Å². The van der Waals surface area contributed by atoms with Crippen molar-refractivity contribution in [3.63, 3.8) is 0 Å². The molecule has 0 fully saturated rings. The number of hydrogen-bond acceptors (Lipinski definition) is 15. The monoisotopic (exact) mass is 1310 g/mol. The van der Waals surface area contributed by atoms with E-state index in [9.17, 15) is 43.2 Å². The third-order valence-corrected chi connectivity index (χ3v) is 18.1. The third-order valence-electron chi connectivity index (χ3n) is 16.2. The highest BCUT2D eigenvalue weighted by Gasteiger charge is 2.30. The van der Waals surface area contributed by atoms with Crippen molar-refractivity contribution in [2.24, 2.45) is 11.8 Å². The number of rotatable bonds is 69. The van der Waals surface area contributed by atoms with Crippen molar-refractivity contribution in [2.75, 3.05) is 39.6 Å². The molecule has 0 aromatic heterocycles. The Morgan fingerprint density at radius 2 is 0.517 bits per heavy atom. The van der Waals surface area contributed by atoms with Crippen molar-refractivity contribution in [2.45, 2.75) is 374 Å². The van der Waals surface area contributed by atoms with Crippen LogP contribution in [0.15, 0.2) is 0 Å². The Balaban J connectivity index is 5.24. The van der Waals surface area contributed by atoms with Crippen LogP contribution in [-0.2, 0) is 65.4 Å². The molecule has 2 unspecified atom stereocenters. The number of carbonyl (C=O) groups excluding carboxylic acids is 4. The Bertz CT molecular complexity index is 1730. The smallest absolute Gasteiger partial charge is 0.462 e. The summed E-state index contributed by atoms with van der Waals surface area (Å²) in [6, 6.07) is 0. The second kappa shape index (κ2) is 62.2. The molecule has 5 atom stereocenters. The lowest BCUT2D eigenvalue weighted by Crippen LogP contribution is -2.30. The van der Waals surface area contributed by atoms with Gasteiger partial charge in [0.2, 0.25) is 0 Å². The molecule has 0 amide bonds. The van der Waals surface area contributed by atoms with Gasteiger partial charge in [-0.15, -0.1) is 0 Å². The van der Waals surface area contributed by atoms with E-state index >= 15 is 0 Å². The lowest BCUT2D eigenvalue weighted by atomic mass is 10.0. The molecule has 3 N–H and O–H groups in total. The summed E-state index contributed by atoms with van der Waals surface area (Å²) in [7, 11) is -9.90. The SMILES string of the molecule is CCCCCCCCCCCCCCCCCCC(=O)O[C@H](COC(=O)CCCCCCCCCCCC(C)C)COP(=O)(O)OC[C@@H](O)COP(=O)(O)OC[C@@H](COC(=O)CCCCCCCCCC(C)C)OC(=O)CCCCCCCCCCCCC. The third kappa shape index (κ3) is 64.6. The van der Waals surface area contributed by atoms with Crippen LogP contribution in [0.4, 0.5) is 0 Å². The van der Waals surface area contributed by atoms with Crippen LogP contribution in [0.3, 0.4) is 0 Å². The zero-order valence-electron chi connectivity index (χ0n) is 57.7. The molecule has 0 aliphatic heterocycles. The number of phosphoric ester groups is 2. The van der Waals surface area contributed by atoms with Crippen LogP contribution in [0.1, 0.15) is 356 Å².